The third kappa shape index (κ3) is 3.67. The lowest BCUT2D eigenvalue weighted by Crippen LogP contribution is -2.07. The summed E-state index contributed by atoms with van der Waals surface area (Å²) in [7, 11) is 0. The fourth-order valence-electron chi connectivity index (χ4n) is 0.903. The highest BCUT2D eigenvalue weighted by Crippen LogP contribution is 2.18. The van der Waals surface area contributed by atoms with Gasteiger partial charge in [0.25, 0.3) is 0 Å². The summed E-state index contributed by atoms with van der Waals surface area (Å²) in [5, 5.41) is 12.8. The zero-order valence-electron chi connectivity index (χ0n) is 8.27. The topological polar surface area (TPSA) is 43.6 Å². The van der Waals surface area contributed by atoms with E-state index < -0.39 is 0 Å². The largest absolute Gasteiger partial charge is 0.220 e. The molecule has 0 N–H and O–H groups in total. The van der Waals surface area contributed by atoms with Crippen molar-refractivity contribution in [3.8, 4) is 0 Å². The molecule has 1 rings (SSSR count). The molecule has 0 saturated heterocycles. The Morgan fingerprint density at radius 1 is 1.64 bits per heavy atom. The predicted octanol–water partition coefficient (Wildman–Crippen LogP) is 2.17. The van der Waals surface area contributed by atoms with Gasteiger partial charge in [0, 0.05) is 17.3 Å². The smallest absolute Gasteiger partial charge is 0.209 e. The Hall–Kier alpha value is -0.550. The monoisotopic (exact) mass is 232 g/mol. The molecule has 0 amide bonds. The van der Waals surface area contributed by atoms with Gasteiger partial charge in [0.1, 0.15) is 0 Å². The van der Waals surface area contributed by atoms with E-state index in [1.54, 1.807) is 4.68 Å². The fourth-order valence-corrected chi connectivity index (χ4v) is 1.71. The van der Waals surface area contributed by atoms with E-state index in [4.69, 9.17) is 11.6 Å². The van der Waals surface area contributed by atoms with Crippen molar-refractivity contribution in [2.45, 2.75) is 25.5 Å². The van der Waals surface area contributed by atoms with E-state index in [1.165, 1.54) is 11.8 Å². The molecule has 0 aliphatic carbocycles. The number of hydrogen-bond acceptors (Lipinski definition) is 4. The molecule has 0 radical (unpaired) electrons. The van der Waals surface area contributed by atoms with Gasteiger partial charge in [0.2, 0.25) is 5.16 Å². The molecule has 0 bridgehead atoms. The van der Waals surface area contributed by atoms with Crippen molar-refractivity contribution in [2.75, 3.05) is 5.75 Å². The average Bonchev–Trinajstić information content (AvgIpc) is 2.47. The minimum atomic E-state index is 0.525. The Kier molecular flexibility index (Phi) is 4.41. The first-order valence-corrected chi connectivity index (χ1v) is 5.68. The maximum absolute atomic E-state index is 5.66. The number of tetrazole rings is 1. The molecule has 0 aromatic carbocycles. The molecule has 0 atom stereocenters. The van der Waals surface area contributed by atoms with Crippen LogP contribution >= 0.6 is 23.4 Å². The number of thioether (sulfide) groups is 1. The summed E-state index contributed by atoms with van der Waals surface area (Å²) in [5.41, 5.74) is 0. The molecule has 0 saturated carbocycles. The maximum Gasteiger partial charge on any atom is 0.209 e. The Morgan fingerprint density at radius 2 is 2.36 bits per heavy atom. The van der Waals surface area contributed by atoms with E-state index in [0.717, 1.165) is 11.7 Å². The molecule has 0 aliphatic heterocycles. The average molecular weight is 233 g/mol. The lowest BCUT2D eigenvalue weighted by atomic mass is 10.2. The summed E-state index contributed by atoms with van der Waals surface area (Å²) >= 11 is 7.16. The fraction of sp³-hybridized carbons (Fsp3) is 0.625. The first-order valence-electron chi connectivity index (χ1n) is 4.32. The second-order valence-corrected chi connectivity index (χ2v) is 4.82. The highest BCUT2D eigenvalue weighted by molar-refractivity contribution is 7.99. The van der Waals surface area contributed by atoms with Crippen molar-refractivity contribution < 1.29 is 0 Å². The minimum Gasteiger partial charge on any atom is -0.220 e. The van der Waals surface area contributed by atoms with Gasteiger partial charge in [-0.2, -0.15) is 0 Å². The summed E-state index contributed by atoms with van der Waals surface area (Å²) < 4.78 is 1.79. The van der Waals surface area contributed by atoms with E-state index >= 15 is 0 Å². The molecule has 1 aromatic heterocycles. The molecule has 4 nitrogen and oxygen atoms in total. The zero-order chi connectivity index (χ0) is 10.6. The Balaban J connectivity index is 2.58. The minimum absolute atomic E-state index is 0.525. The van der Waals surface area contributed by atoms with E-state index in [2.05, 4.69) is 36.0 Å². The number of halogens is 1. The number of rotatable bonds is 5. The molecule has 1 heterocycles. The number of hydrogen-bond donors (Lipinski definition) is 0. The molecule has 0 aliphatic rings. The zero-order valence-corrected chi connectivity index (χ0v) is 9.85. The van der Waals surface area contributed by atoms with Gasteiger partial charge in [-0.25, -0.2) is 4.68 Å². The van der Waals surface area contributed by atoms with Crippen LogP contribution in [0.25, 0.3) is 0 Å². The molecule has 0 spiro atoms. The van der Waals surface area contributed by atoms with Crippen LogP contribution < -0.4 is 0 Å². The second-order valence-electron chi connectivity index (χ2n) is 3.34. The van der Waals surface area contributed by atoms with Gasteiger partial charge in [-0.15, -0.1) is 5.10 Å². The summed E-state index contributed by atoms with van der Waals surface area (Å²) in [6.45, 7) is 8.68. The summed E-state index contributed by atoms with van der Waals surface area (Å²) in [6, 6.07) is 0. The van der Waals surface area contributed by atoms with Gasteiger partial charge < -0.3 is 0 Å². The van der Waals surface area contributed by atoms with Crippen molar-refractivity contribution in [1.29, 1.82) is 0 Å². The van der Waals surface area contributed by atoms with Crippen molar-refractivity contribution in [3.63, 3.8) is 0 Å². The Labute approximate surface area is 92.7 Å². The van der Waals surface area contributed by atoms with Crippen LogP contribution in [0.5, 0.6) is 0 Å². The van der Waals surface area contributed by atoms with Gasteiger partial charge in [-0.1, -0.05) is 43.8 Å². The normalized spacial score (nSPS) is 10.9. The van der Waals surface area contributed by atoms with Crippen LogP contribution in [0.1, 0.15) is 13.8 Å². The maximum atomic E-state index is 5.66. The molecule has 78 valence electrons. The highest BCUT2D eigenvalue weighted by atomic mass is 35.5. The molecular weight excluding hydrogens is 220 g/mol. The Bertz CT molecular complexity index is 310. The van der Waals surface area contributed by atoms with Crippen LogP contribution in [0.4, 0.5) is 0 Å². The van der Waals surface area contributed by atoms with Gasteiger partial charge in [-0.3, -0.25) is 0 Å². The van der Waals surface area contributed by atoms with E-state index in [-0.39, 0.29) is 0 Å². The lowest BCUT2D eigenvalue weighted by Gasteiger charge is -2.05. The van der Waals surface area contributed by atoms with Crippen LogP contribution in [-0.4, -0.2) is 26.0 Å². The second kappa shape index (κ2) is 5.36. The predicted molar refractivity (Wildman–Crippen MR) is 58.4 cm³/mol. The molecule has 14 heavy (non-hydrogen) atoms. The van der Waals surface area contributed by atoms with Crippen molar-refractivity contribution in [2.24, 2.45) is 5.92 Å². The molecule has 6 heteroatoms. The van der Waals surface area contributed by atoms with E-state index in [0.29, 0.717) is 16.7 Å². The van der Waals surface area contributed by atoms with Gasteiger partial charge in [0.15, 0.2) is 0 Å². The van der Waals surface area contributed by atoms with E-state index in [1.807, 2.05) is 0 Å². The van der Waals surface area contributed by atoms with E-state index in [9.17, 15) is 0 Å². The lowest BCUT2D eigenvalue weighted by molar-refractivity contribution is 0.446. The van der Waals surface area contributed by atoms with Gasteiger partial charge >= 0.3 is 0 Å². The quantitative estimate of drug-likeness (QED) is 0.730. The van der Waals surface area contributed by atoms with Crippen LogP contribution in [0.3, 0.4) is 0 Å². The standard InChI is InChI=1S/C8H13ClN4S/c1-6(2)4-13-8(10-11-12-13)14-5-7(3)9/h6H,3-5H2,1-2H3. The molecular formula is C8H13ClN4S. The Morgan fingerprint density at radius 3 is 2.93 bits per heavy atom. The third-order valence-corrected chi connectivity index (χ3v) is 2.73. The van der Waals surface area contributed by atoms with Crippen LogP contribution in [0, 0.1) is 5.92 Å². The number of aromatic nitrogens is 4. The first kappa shape index (κ1) is 11.5. The van der Waals surface area contributed by atoms with Gasteiger partial charge in [-0.05, 0) is 16.3 Å². The molecule has 1 aromatic rings. The van der Waals surface area contributed by atoms with Crippen molar-refractivity contribution >= 4 is 23.4 Å². The van der Waals surface area contributed by atoms with Crippen LogP contribution in [0.2, 0.25) is 0 Å². The molecule has 0 fully saturated rings. The van der Waals surface area contributed by atoms with Crippen molar-refractivity contribution in [1.82, 2.24) is 20.2 Å². The van der Waals surface area contributed by atoms with Gasteiger partial charge in [0.05, 0.1) is 0 Å². The number of nitrogens with zero attached hydrogens (tertiary/aromatic N) is 4. The summed E-state index contributed by atoms with van der Waals surface area (Å²) in [5.74, 6) is 1.16. The SMILES string of the molecule is C=C(Cl)CSc1nnnn1CC(C)C. The summed E-state index contributed by atoms with van der Waals surface area (Å²) in [4.78, 5) is 0. The van der Waals surface area contributed by atoms with Crippen molar-refractivity contribution in [3.05, 3.63) is 11.6 Å². The highest BCUT2D eigenvalue weighted by Gasteiger charge is 2.07. The third-order valence-electron chi connectivity index (χ3n) is 1.40. The summed E-state index contributed by atoms with van der Waals surface area (Å²) in [6.07, 6.45) is 0. The van der Waals surface area contributed by atoms with Crippen LogP contribution in [0.15, 0.2) is 16.8 Å². The first-order chi connectivity index (χ1) is 6.59. The molecule has 0 unspecified atom stereocenters. The van der Waals surface area contributed by atoms with Crippen LogP contribution in [-0.2, 0) is 6.54 Å².